The van der Waals surface area contributed by atoms with Crippen molar-refractivity contribution in [1.82, 2.24) is 0 Å². The maximum atomic E-state index is 9.19. The van der Waals surface area contributed by atoms with Crippen LogP contribution in [0.25, 0.3) is 0 Å². The van der Waals surface area contributed by atoms with Crippen LogP contribution in [0.4, 0.5) is 0 Å². The standard InChI is InChI=1S/C15H18ClNS/c1-15(2,10-17)18-14-12-7-5-3-4-6-11(12)8-9-13(14)16/h8-9H,3-7H2,1-2H3. The fourth-order valence-corrected chi connectivity index (χ4v) is 3.70. The molecule has 3 heteroatoms. The summed E-state index contributed by atoms with van der Waals surface area (Å²) in [6.45, 7) is 3.90. The first kappa shape index (κ1) is 13.8. The van der Waals surface area contributed by atoms with Crippen LogP contribution in [0.5, 0.6) is 0 Å². The van der Waals surface area contributed by atoms with Gasteiger partial charge in [0.15, 0.2) is 0 Å². The minimum atomic E-state index is -0.426. The molecule has 0 N–H and O–H groups in total. The summed E-state index contributed by atoms with van der Waals surface area (Å²) in [6, 6.07) is 6.49. The first-order chi connectivity index (χ1) is 8.53. The minimum Gasteiger partial charge on any atom is -0.197 e. The molecule has 0 bridgehead atoms. The summed E-state index contributed by atoms with van der Waals surface area (Å²) >= 11 is 7.95. The number of aryl methyl sites for hydroxylation is 1. The maximum absolute atomic E-state index is 9.19. The second-order valence-electron chi connectivity index (χ2n) is 5.30. The molecule has 0 spiro atoms. The highest BCUT2D eigenvalue weighted by molar-refractivity contribution is 8.01. The normalized spacial score (nSPS) is 15.7. The smallest absolute Gasteiger partial charge is 0.101 e. The highest BCUT2D eigenvalue weighted by Gasteiger charge is 2.23. The number of thioether (sulfide) groups is 1. The van der Waals surface area contributed by atoms with Gasteiger partial charge >= 0.3 is 0 Å². The third kappa shape index (κ3) is 3.02. The predicted molar refractivity (Wildman–Crippen MR) is 78.3 cm³/mol. The molecule has 0 saturated carbocycles. The first-order valence-corrected chi connectivity index (χ1v) is 7.63. The highest BCUT2D eigenvalue weighted by atomic mass is 35.5. The molecule has 18 heavy (non-hydrogen) atoms. The number of halogens is 1. The summed E-state index contributed by atoms with van der Waals surface area (Å²) in [5.74, 6) is 0. The molecular formula is C15H18ClNS. The average molecular weight is 280 g/mol. The molecule has 0 heterocycles. The largest absolute Gasteiger partial charge is 0.197 e. The van der Waals surface area contributed by atoms with E-state index in [-0.39, 0.29) is 0 Å². The summed E-state index contributed by atoms with van der Waals surface area (Å²) in [6.07, 6.45) is 6.03. The van der Waals surface area contributed by atoms with Gasteiger partial charge in [-0.2, -0.15) is 5.26 Å². The second-order valence-corrected chi connectivity index (χ2v) is 7.34. The Bertz CT molecular complexity index is 488. The van der Waals surface area contributed by atoms with Crippen LogP contribution in [-0.2, 0) is 12.8 Å². The molecule has 0 aliphatic heterocycles. The Morgan fingerprint density at radius 2 is 1.94 bits per heavy atom. The first-order valence-electron chi connectivity index (χ1n) is 6.44. The second kappa shape index (κ2) is 5.55. The monoisotopic (exact) mass is 279 g/mol. The molecule has 0 aromatic heterocycles. The summed E-state index contributed by atoms with van der Waals surface area (Å²) < 4.78 is -0.426. The molecule has 0 radical (unpaired) electrons. The molecule has 96 valence electrons. The summed E-state index contributed by atoms with van der Waals surface area (Å²) in [7, 11) is 0. The van der Waals surface area contributed by atoms with Crippen LogP contribution in [0.1, 0.15) is 44.2 Å². The van der Waals surface area contributed by atoms with Gasteiger partial charge in [0.1, 0.15) is 4.75 Å². The van der Waals surface area contributed by atoms with E-state index in [9.17, 15) is 5.26 Å². The van der Waals surface area contributed by atoms with Crippen molar-refractivity contribution in [2.75, 3.05) is 0 Å². The van der Waals surface area contributed by atoms with E-state index in [2.05, 4.69) is 12.1 Å². The van der Waals surface area contributed by atoms with Crippen molar-refractivity contribution in [2.24, 2.45) is 0 Å². The van der Waals surface area contributed by atoms with Gasteiger partial charge < -0.3 is 0 Å². The van der Waals surface area contributed by atoms with E-state index in [1.165, 1.54) is 30.4 Å². The molecule has 1 aliphatic rings. The molecule has 1 aliphatic carbocycles. The zero-order valence-corrected chi connectivity index (χ0v) is 12.5. The molecule has 0 amide bonds. The van der Waals surface area contributed by atoms with Gasteiger partial charge in [-0.05, 0) is 56.7 Å². The Morgan fingerprint density at radius 1 is 1.22 bits per heavy atom. The van der Waals surface area contributed by atoms with Crippen molar-refractivity contribution >= 4 is 23.4 Å². The highest BCUT2D eigenvalue weighted by Crippen LogP contribution is 2.41. The molecule has 0 atom stereocenters. The Hall–Kier alpha value is -0.650. The van der Waals surface area contributed by atoms with Gasteiger partial charge in [-0.3, -0.25) is 0 Å². The van der Waals surface area contributed by atoms with E-state index in [1.807, 2.05) is 19.9 Å². The lowest BCUT2D eigenvalue weighted by molar-refractivity contribution is 0.710. The molecule has 0 unspecified atom stereocenters. The lowest BCUT2D eigenvalue weighted by Gasteiger charge is -2.20. The predicted octanol–water partition coefficient (Wildman–Crippen LogP) is 5.00. The zero-order chi connectivity index (χ0) is 13.2. The zero-order valence-electron chi connectivity index (χ0n) is 10.9. The van der Waals surface area contributed by atoms with Gasteiger partial charge in [-0.1, -0.05) is 24.1 Å². The van der Waals surface area contributed by atoms with Gasteiger partial charge in [0.25, 0.3) is 0 Å². The average Bonchev–Trinajstić information content (AvgIpc) is 2.58. The number of nitriles is 1. The maximum Gasteiger partial charge on any atom is 0.101 e. The van der Waals surface area contributed by atoms with Crippen molar-refractivity contribution in [3.05, 3.63) is 28.3 Å². The Labute approximate surface area is 119 Å². The van der Waals surface area contributed by atoms with E-state index in [0.717, 1.165) is 22.8 Å². The van der Waals surface area contributed by atoms with Crippen LogP contribution in [-0.4, -0.2) is 4.75 Å². The number of nitrogens with zero attached hydrogens (tertiary/aromatic N) is 1. The molecule has 1 aromatic rings. The third-order valence-corrected chi connectivity index (χ3v) is 5.01. The minimum absolute atomic E-state index is 0.426. The summed E-state index contributed by atoms with van der Waals surface area (Å²) in [4.78, 5) is 1.13. The van der Waals surface area contributed by atoms with Gasteiger partial charge in [0.2, 0.25) is 0 Å². The van der Waals surface area contributed by atoms with E-state index >= 15 is 0 Å². The molecule has 0 saturated heterocycles. The van der Waals surface area contributed by atoms with Gasteiger partial charge in [-0.15, -0.1) is 11.8 Å². The van der Waals surface area contributed by atoms with E-state index < -0.39 is 4.75 Å². The fourth-order valence-electron chi connectivity index (χ4n) is 2.33. The number of fused-ring (bicyclic) bond motifs is 1. The van der Waals surface area contributed by atoms with Crippen LogP contribution in [0.2, 0.25) is 5.02 Å². The SMILES string of the molecule is CC(C)(C#N)Sc1c(Cl)ccc2c1CCCCC2. The van der Waals surface area contributed by atoms with Gasteiger partial charge in [0, 0.05) is 4.90 Å². The quantitative estimate of drug-likeness (QED) is 0.562. The lowest BCUT2D eigenvalue weighted by atomic mass is 10.0. The van der Waals surface area contributed by atoms with Crippen LogP contribution in [0.3, 0.4) is 0 Å². The van der Waals surface area contributed by atoms with E-state index in [4.69, 9.17) is 11.6 Å². The van der Waals surface area contributed by atoms with Crippen molar-refractivity contribution in [2.45, 2.75) is 55.6 Å². The molecule has 1 aromatic carbocycles. The summed E-state index contributed by atoms with van der Waals surface area (Å²) in [5, 5.41) is 9.99. The van der Waals surface area contributed by atoms with Crippen molar-refractivity contribution in [3.63, 3.8) is 0 Å². The Kier molecular flexibility index (Phi) is 4.25. The van der Waals surface area contributed by atoms with Crippen molar-refractivity contribution in [3.8, 4) is 6.07 Å². The molecule has 1 nitrogen and oxygen atoms in total. The van der Waals surface area contributed by atoms with Crippen LogP contribution < -0.4 is 0 Å². The Morgan fingerprint density at radius 3 is 2.67 bits per heavy atom. The summed E-state index contributed by atoms with van der Waals surface area (Å²) in [5.41, 5.74) is 2.81. The third-order valence-electron chi connectivity index (χ3n) is 3.31. The fraction of sp³-hybridized carbons (Fsp3) is 0.533. The number of rotatable bonds is 2. The molecular weight excluding hydrogens is 262 g/mol. The number of hydrogen-bond donors (Lipinski definition) is 0. The van der Waals surface area contributed by atoms with Crippen LogP contribution >= 0.6 is 23.4 Å². The number of hydrogen-bond acceptors (Lipinski definition) is 2. The number of benzene rings is 1. The topological polar surface area (TPSA) is 23.8 Å². The van der Waals surface area contributed by atoms with E-state index in [1.54, 1.807) is 11.8 Å². The van der Waals surface area contributed by atoms with E-state index in [0.29, 0.717) is 0 Å². The lowest BCUT2D eigenvalue weighted by Crippen LogP contribution is -2.11. The Balaban J connectivity index is 2.43. The van der Waals surface area contributed by atoms with Crippen LogP contribution in [0.15, 0.2) is 17.0 Å². The van der Waals surface area contributed by atoms with Crippen molar-refractivity contribution in [1.29, 1.82) is 5.26 Å². The van der Waals surface area contributed by atoms with Crippen molar-refractivity contribution < 1.29 is 0 Å². The van der Waals surface area contributed by atoms with Crippen LogP contribution in [0, 0.1) is 11.3 Å². The molecule has 0 fully saturated rings. The molecule has 2 rings (SSSR count). The van der Waals surface area contributed by atoms with Gasteiger partial charge in [0.05, 0.1) is 11.1 Å². The van der Waals surface area contributed by atoms with Gasteiger partial charge in [-0.25, -0.2) is 0 Å².